The second-order valence-corrected chi connectivity index (χ2v) is 9.76. The molecule has 1 heterocycles. The SMILES string of the molecule is C/C=C(/C)C(=O)O[C@H]1c2cc(OC)c(OC)c(OC)c2-c2c(cc3c(c2OC)OCO3)[C@@H](OC(C)=O)[C@H](C)[C@@H]1C. The molecule has 4 rings (SSSR count). The van der Waals surface area contributed by atoms with Gasteiger partial charge in [0.15, 0.2) is 23.0 Å². The summed E-state index contributed by atoms with van der Waals surface area (Å²) in [4.78, 5) is 25.6. The number of esters is 2. The maximum Gasteiger partial charge on any atom is 0.333 e. The van der Waals surface area contributed by atoms with Gasteiger partial charge in [-0.1, -0.05) is 19.9 Å². The van der Waals surface area contributed by atoms with E-state index in [4.69, 9.17) is 37.9 Å². The van der Waals surface area contributed by atoms with Crippen molar-refractivity contribution in [1.82, 2.24) is 0 Å². The molecule has 0 unspecified atom stereocenters. The van der Waals surface area contributed by atoms with Gasteiger partial charge in [-0.15, -0.1) is 0 Å². The number of carbonyl (C=O) groups excluding carboxylic acids is 2. The van der Waals surface area contributed by atoms with Gasteiger partial charge in [-0.2, -0.15) is 0 Å². The fourth-order valence-corrected chi connectivity index (χ4v) is 5.33. The molecule has 0 amide bonds. The van der Waals surface area contributed by atoms with Crippen LogP contribution in [0.1, 0.15) is 58.0 Å². The first-order valence-electron chi connectivity index (χ1n) is 13.0. The van der Waals surface area contributed by atoms with Crippen molar-refractivity contribution in [2.75, 3.05) is 35.2 Å². The first-order valence-corrected chi connectivity index (χ1v) is 13.0. The summed E-state index contributed by atoms with van der Waals surface area (Å²) in [5, 5.41) is 0. The molecule has 0 fully saturated rings. The van der Waals surface area contributed by atoms with Gasteiger partial charge in [0, 0.05) is 46.6 Å². The highest BCUT2D eigenvalue weighted by Gasteiger charge is 2.44. The number of allylic oxidation sites excluding steroid dienone is 1. The van der Waals surface area contributed by atoms with Crippen LogP contribution in [0.15, 0.2) is 23.8 Å². The first-order chi connectivity index (χ1) is 19.1. The van der Waals surface area contributed by atoms with E-state index in [9.17, 15) is 9.59 Å². The molecule has 1 aliphatic heterocycles. The third-order valence-electron chi connectivity index (χ3n) is 7.64. The van der Waals surface area contributed by atoms with Crippen molar-refractivity contribution in [2.45, 2.75) is 46.8 Å². The van der Waals surface area contributed by atoms with E-state index in [0.29, 0.717) is 62.3 Å². The topological polar surface area (TPSA) is 108 Å². The molecule has 216 valence electrons. The van der Waals surface area contributed by atoms with E-state index in [1.54, 1.807) is 32.1 Å². The number of hydrogen-bond acceptors (Lipinski definition) is 10. The maximum absolute atomic E-state index is 13.2. The summed E-state index contributed by atoms with van der Waals surface area (Å²) < 4.78 is 47.0. The summed E-state index contributed by atoms with van der Waals surface area (Å²) >= 11 is 0. The fraction of sp³-hybridized carbons (Fsp3) is 0.467. The molecule has 0 saturated carbocycles. The zero-order valence-corrected chi connectivity index (χ0v) is 24.3. The number of fused-ring (bicyclic) bond motifs is 4. The van der Waals surface area contributed by atoms with Crippen LogP contribution in [0.5, 0.6) is 34.5 Å². The van der Waals surface area contributed by atoms with Gasteiger partial charge < -0.3 is 37.9 Å². The average Bonchev–Trinajstić information content (AvgIpc) is 3.43. The van der Waals surface area contributed by atoms with Gasteiger partial charge >= 0.3 is 11.9 Å². The molecule has 2 aliphatic rings. The Morgan fingerprint density at radius 1 is 0.800 bits per heavy atom. The molecule has 0 N–H and O–H groups in total. The van der Waals surface area contributed by atoms with Crippen LogP contribution in [-0.4, -0.2) is 47.2 Å². The molecular formula is C30H36O10. The van der Waals surface area contributed by atoms with E-state index in [-0.39, 0.29) is 18.6 Å². The minimum Gasteiger partial charge on any atom is -0.493 e. The van der Waals surface area contributed by atoms with Crippen LogP contribution in [0.25, 0.3) is 11.1 Å². The Hall–Kier alpha value is -4.08. The fourth-order valence-electron chi connectivity index (χ4n) is 5.33. The molecule has 40 heavy (non-hydrogen) atoms. The van der Waals surface area contributed by atoms with E-state index in [2.05, 4.69) is 0 Å². The van der Waals surface area contributed by atoms with Crippen LogP contribution in [-0.2, 0) is 19.1 Å². The molecule has 2 aromatic carbocycles. The van der Waals surface area contributed by atoms with Crippen LogP contribution in [0.3, 0.4) is 0 Å². The molecule has 2 aromatic rings. The quantitative estimate of drug-likeness (QED) is 0.318. The molecule has 1 aliphatic carbocycles. The van der Waals surface area contributed by atoms with Crippen LogP contribution >= 0.6 is 0 Å². The zero-order valence-electron chi connectivity index (χ0n) is 24.3. The lowest BCUT2D eigenvalue weighted by Gasteiger charge is -2.38. The molecule has 0 radical (unpaired) electrons. The van der Waals surface area contributed by atoms with Gasteiger partial charge in [0.2, 0.25) is 18.3 Å². The van der Waals surface area contributed by atoms with Crippen LogP contribution in [0.2, 0.25) is 0 Å². The molecule has 10 heteroatoms. The van der Waals surface area contributed by atoms with Crippen LogP contribution < -0.4 is 28.4 Å². The zero-order chi connectivity index (χ0) is 29.3. The van der Waals surface area contributed by atoms with Crippen LogP contribution in [0, 0.1) is 11.8 Å². The van der Waals surface area contributed by atoms with Crippen LogP contribution in [0.4, 0.5) is 0 Å². The number of methoxy groups -OCH3 is 4. The predicted molar refractivity (Wildman–Crippen MR) is 145 cm³/mol. The summed E-state index contributed by atoms with van der Waals surface area (Å²) in [6, 6.07) is 3.58. The largest absolute Gasteiger partial charge is 0.493 e. The molecular weight excluding hydrogens is 520 g/mol. The summed E-state index contributed by atoms with van der Waals surface area (Å²) in [7, 11) is 6.05. The van der Waals surface area contributed by atoms with Crippen molar-refractivity contribution in [2.24, 2.45) is 11.8 Å². The normalized spacial score (nSPS) is 21.3. The Morgan fingerprint density at radius 2 is 1.38 bits per heavy atom. The van der Waals surface area contributed by atoms with Gasteiger partial charge in [-0.25, -0.2) is 4.79 Å². The average molecular weight is 557 g/mol. The lowest BCUT2D eigenvalue weighted by atomic mass is 9.74. The lowest BCUT2D eigenvalue weighted by Crippen LogP contribution is -2.31. The third-order valence-corrected chi connectivity index (χ3v) is 7.64. The lowest BCUT2D eigenvalue weighted by molar-refractivity contribution is -0.157. The van der Waals surface area contributed by atoms with Gasteiger partial charge in [-0.05, 0) is 26.0 Å². The number of carbonyl (C=O) groups is 2. The Bertz CT molecular complexity index is 1340. The predicted octanol–water partition coefficient (Wildman–Crippen LogP) is 5.56. The molecule has 0 bridgehead atoms. The van der Waals surface area contributed by atoms with Gasteiger partial charge in [-0.3, -0.25) is 4.79 Å². The summed E-state index contributed by atoms with van der Waals surface area (Å²) in [6.07, 6.45) is 0.124. The van der Waals surface area contributed by atoms with E-state index in [0.717, 1.165) is 0 Å². The summed E-state index contributed by atoms with van der Waals surface area (Å²) in [5.74, 6) is 0.625. The Kier molecular flexibility index (Phi) is 8.37. The number of ether oxygens (including phenoxy) is 8. The van der Waals surface area contributed by atoms with E-state index in [1.165, 1.54) is 35.4 Å². The van der Waals surface area contributed by atoms with Crippen molar-refractivity contribution in [1.29, 1.82) is 0 Å². The second kappa shape index (κ2) is 11.6. The highest BCUT2D eigenvalue weighted by molar-refractivity contribution is 5.91. The minimum atomic E-state index is -0.803. The van der Waals surface area contributed by atoms with E-state index < -0.39 is 24.1 Å². The smallest absolute Gasteiger partial charge is 0.333 e. The van der Waals surface area contributed by atoms with Gasteiger partial charge in [0.05, 0.1) is 28.4 Å². The van der Waals surface area contributed by atoms with E-state index in [1.807, 2.05) is 13.8 Å². The number of benzene rings is 2. The van der Waals surface area contributed by atoms with Crippen molar-refractivity contribution in [3.05, 3.63) is 34.9 Å². The molecule has 0 spiro atoms. The molecule has 0 aromatic heterocycles. The minimum absolute atomic E-state index is 0.00241. The van der Waals surface area contributed by atoms with Crippen molar-refractivity contribution in [3.63, 3.8) is 0 Å². The third kappa shape index (κ3) is 4.76. The first kappa shape index (κ1) is 28.9. The van der Waals surface area contributed by atoms with Gasteiger partial charge in [0.25, 0.3) is 0 Å². The molecule has 10 nitrogen and oxygen atoms in total. The van der Waals surface area contributed by atoms with E-state index >= 15 is 0 Å². The van der Waals surface area contributed by atoms with Crippen molar-refractivity contribution >= 4 is 11.9 Å². The second-order valence-electron chi connectivity index (χ2n) is 9.76. The van der Waals surface area contributed by atoms with Crippen molar-refractivity contribution < 1.29 is 47.5 Å². The maximum atomic E-state index is 13.2. The highest BCUT2D eigenvalue weighted by atomic mass is 16.7. The highest BCUT2D eigenvalue weighted by Crippen LogP contribution is 2.60. The van der Waals surface area contributed by atoms with Gasteiger partial charge in [0.1, 0.15) is 12.2 Å². The Balaban J connectivity index is 2.21. The number of hydrogen-bond donors (Lipinski definition) is 0. The molecule has 4 atom stereocenters. The number of rotatable bonds is 7. The molecule has 0 saturated heterocycles. The monoisotopic (exact) mass is 556 g/mol. The summed E-state index contributed by atoms with van der Waals surface area (Å²) in [6.45, 7) is 8.72. The Labute approximate surface area is 234 Å². The Morgan fingerprint density at radius 3 is 1.93 bits per heavy atom. The summed E-state index contributed by atoms with van der Waals surface area (Å²) in [5.41, 5.74) is 2.74. The standard InChI is InChI=1S/C30H36O10/c1-10-14(2)30(32)40-25-16(4)15(3)24(39-17(5)31)19-12-21-27(38-13-37-21)29(36-9)23(19)22-18(25)11-20(33-6)26(34-7)28(22)35-8/h10-12,15-16,24-25H,13H2,1-9H3/b14-10-/t15-,16+,24+,25-/m1/s1. The van der Waals surface area contributed by atoms with Crippen molar-refractivity contribution in [3.8, 4) is 45.6 Å².